The summed E-state index contributed by atoms with van der Waals surface area (Å²) in [6.45, 7) is 0. The molecule has 1 N–H and O–H groups in total. The summed E-state index contributed by atoms with van der Waals surface area (Å²) >= 11 is 1.63. The lowest BCUT2D eigenvalue weighted by Crippen LogP contribution is -2.04. The molecule has 3 aromatic rings. The molecule has 5 heteroatoms. The molecule has 0 saturated heterocycles. The molecule has 4 nitrogen and oxygen atoms in total. The Labute approximate surface area is 115 Å². The van der Waals surface area contributed by atoms with Gasteiger partial charge in [-0.2, -0.15) is 26.3 Å². The van der Waals surface area contributed by atoms with Crippen LogP contribution in [-0.2, 0) is 6.42 Å². The molecule has 0 aliphatic rings. The number of nitrogens with zero attached hydrogens (tertiary/aromatic N) is 3. The van der Waals surface area contributed by atoms with Crippen molar-refractivity contribution in [3.63, 3.8) is 0 Å². The number of thiophene rings is 1. The van der Waals surface area contributed by atoms with Crippen LogP contribution < -0.4 is 0 Å². The van der Waals surface area contributed by atoms with Crippen molar-refractivity contribution in [1.29, 1.82) is 0 Å². The van der Waals surface area contributed by atoms with Gasteiger partial charge < -0.3 is 5.11 Å². The molecule has 1 atom stereocenters. The maximum atomic E-state index is 10.1. The van der Waals surface area contributed by atoms with E-state index in [1.54, 1.807) is 17.5 Å². The third-order valence-corrected chi connectivity index (χ3v) is 3.58. The van der Waals surface area contributed by atoms with E-state index in [0.717, 1.165) is 11.3 Å². The van der Waals surface area contributed by atoms with Crippen molar-refractivity contribution in [2.45, 2.75) is 12.5 Å². The molecule has 0 aliphatic carbocycles. The fourth-order valence-corrected chi connectivity index (χ4v) is 2.53. The van der Waals surface area contributed by atoms with Gasteiger partial charge in [0.1, 0.15) is 11.8 Å². The molecular formula is C14H13N3OS. The Kier molecular flexibility index (Phi) is 3.39. The average Bonchev–Trinajstić information content (AvgIpc) is 3.10. The van der Waals surface area contributed by atoms with E-state index in [-0.39, 0.29) is 0 Å². The Morgan fingerprint density at radius 3 is 2.79 bits per heavy atom. The largest absolute Gasteiger partial charge is 0.386 e. The maximum absolute atomic E-state index is 10.1. The number of aliphatic hydroxyl groups excluding tert-OH is 1. The molecule has 0 bridgehead atoms. The third kappa shape index (κ3) is 2.72. The van der Waals surface area contributed by atoms with Gasteiger partial charge in [-0.3, -0.25) is 0 Å². The van der Waals surface area contributed by atoms with E-state index in [0.29, 0.717) is 12.1 Å². The molecule has 0 spiro atoms. The summed E-state index contributed by atoms with van der Waals surface area (Å²) in [5.74, 6) is 0. The first kappa shape index (κ1) is 12.1. The molecule has 2 heterocycles. The zero-order valence-electron chi connectivity index (χ0n) is 10.2. The smallest absolute Gasteiger partial charge is 0.112 e. The van der Waals surface area contributed by atoms with Crippen LogP contribution >= 0.6 is 11.3 Å². The molecule has 0 saturated carbocycles. The molecule has 0 fully saturated rings. The molecule has 2 aromatic heterocycles. The molecule has 19 heavy (non-hydrogen) atoms. The Morgan fingerprint density at radius 2 is 2.05 bits per heavy atom. The summed E-state index contributed by atoms with van der Waals surface area (Å²) in [4.78, 5) is 1.53. The summed E-state index contributed by atoms with van der Waals surface area (Å²) in [6, 6.07) is 11.7. The van der Waals surface area contributed by atoms with Gasteiger partial charge in [0.25, 0.3) is 0 Å². The second-order valence-electron chi connectivity index (χ2n) is 4.25. The zero-order valence-corrected chi connectivity index (χ0v) is 11.0. The van der Waals surface area contributed by atoms with E-state index >= 15 is 0 Å². The van der Waals surface area contributed by atoms with Crippen LogP contribution in [0.3, 0.4) is 0 Å². The van der Waals surface area contributed by atoms with Crippen LogP contribution in [0.2, 0.25) is 0 Å². The average molecular weight is 271 g/mol. The summed E-state index contributed by atoms with van der Waals surface area (Å²) < 4.78 is 0. The minimum Gasteiger partial charge on any atom is -0.386 e. The minimum atomic E-state index is -0.618. The number of aromatic nitrogens is 3. The molecule has 96 valence electrons. The Bertz CT molecular complexity index is 634. The topological polar surface area (TPSA) is 50.9 Å². The number of hydrogen-bond acceptors (Lipinski definition) is 4. The number of hydrogen-bond donors (Lipinski definition) is 1. The number of rotatable bonds is 4. The van der Waals surface area contributed by atoms with Crippen molar-refractivity contribution in [3.8, 4) is 5.69 Å². The van der Waals surface area contributed by atoms with Crippen molar-refractivity contribution >= 4 is 11.3 Å². The van der Waals surface area contributed by atoms with Crippen molar-refractivity contribution < 1.29 is 5.11 Å². The van der Waals surface area contributed by atoms with E-state index in [2.05, 4.69) is 10.2 Å². The molecule has 1 unspecified atom stereocenters. The SMILES string of the molecule is OC(Cc1ccsc1)c1cnn(-c2ccccc2)n1. The Balaban J connectivity index is 1.78. The van der Waals surface area contributed by atoms with Crippen LogP contribution in [0.1, 0.15) is 17.4 Å². The summed E-state index contributed by atoms with van der Waals surface area (Å²) in [5.41, 5.74) is 2.60. The van der Waals surface area contributed by atoms with Gasteiger partial charge in [-0.25, -0.2) is 0 Å². The van der Waals surface area contributed by atoms with Crippen LogP contribution in [0.4, 0.5) is 0 Å². The highest BCUT2D eigenvalue weighted by atomic mass is 32.1. The van der Waals surface area contributed by atoms with Gasteiger partial charge in [0.2, 0.25) is 0 Å². The van der Waals surface area contributed by atoms with E-state index in [4.69, 9.17) is 0 Å². The zero-order chi connectivity index (χ0) is 13.1. The van der Waals surface area contributed by atoms with Crippen molar-refractivity contribution in [2.75, 3.05) is 0 Å². The third-order valence-electron chi connectivity index (χ3n) is 2.85. The highest BCUT2D eigenvalue weighted by Crippen LogP contribution is 2.18. The van der Waals surface area contributed by atoms with Crippen LogP contribution in [0.15, 0.2) is 53.4 Å². The summed E-state index contributed by atoms with van der Waals surface area (Å²) in [6.07, 6.45) is 1.56. The predicted octanol–water partition coefficient (Wildman–Crippen LogP) is 2.60. The molecule has 0 radical (unpaired) electrons. The highest BCUT2D eigenvalue weighted by molar-refractivity contribution is 7.07. The Morgan fingerprint density at radius 1 is 1.21 bits per heavy atom. The van der Waals surface area contributed by atoms with E-state index in [1.165, 1.54) is 4.80 Å². The highest BCUT2D eigenvalue weighted by Gasteiger charge is 2.13. The van der Waals surface area contributed by atoms with Gasteiger partial charge >= 0.3 is 0 Å². The molecule has 1 aromatic carbocycles. The van der Waals surface area contributed by atoms with Crippen molar-refractivity contribution in [1.82, 2.24) is 15.0 Å². The summed E-state index contributed by atoms with van der Waals surface area (Å²) in [7, 11) is 0. The second kappa shape index (κ2) is 5.34. The number of benzene rings is 1. The van der Waals surface area contributed by atoms with Gasteiger partial charge in [0, 0.05) is 6.42 Å². The fraction of sp³-hybridized carbons (Fsp3) is 0.143. The predicted molar refractivity (Wildman–Crippen MR) is 74.3 cm³/mol. The lowest BCUT2D eigenvalue weighted by Gasteiger charge is -2.05. The first-order valence-corrected chi connectivity index (χ1v) is 6.94. The molecule has 0 amide bonds. The van der Waals surface area contributed by atoms with Gasteiger partial charge in [-0.05, 0) is 34.5 Å². The second-order valence-corrected chi connectivity index (χ2v) is 5.03. The molecule has 3 rings (SSSR count). The normalized spacial score (nSPS) is 12.5. The van der Waals surface area contributed by atoms with Crippen LogP contribution in [0, 0.1) is 0 Å². The van der Waals surface area contributed by atoms with Crippen LogP contribution in [0.5, 0.6) is 0 Å². The molecule has 0 aliphatic heterocycles. The van der Waals surface area contributed by atoms with E-state index in [1.807, 2.05) is 47.2 Å². The van der Waals surface area contributed by atoms with Gasteiger partial charge in [-0.15, -0.1) is 0 Å². The van der Waals surface area contributed by atoms with Gasteiger partial charge in [0.15, 0.2) is 0 Å². The quantitative estimate of drug-likeness (QED) is 0.793. The lowest BCUT2D eigenvalue weighted by atomic mass is 10.1. The number of para-hydroxylation sites is 1. The van der Waals surface area contributed by atoms with E-state index < -0.39 is 6.10 Å². The first-order chi connectivity index (χ1) is 9.33. The monoisotopic (exact) mass is 271 g/mol. The molecular weight excluding hydrogens is 258 g/mol. The van der Waals surface area contributed by atoms with Gasteiger partial charge in [0.05, 0.1) is 11.9 Å². The first-order valence-electron chi connectivity index (χ1n) is 6.00. The Hall–Kier alpha value is -1.98. The van der Waals surface area contributed by atoms with Crippen LogP contribution in [0.25, 0.3) is 5.69 Å². The minimum absolute atomic E-state index is 0.566. The van der Waals surface area contributed by atoms with Crippen molar-refractivity contribution in [2.24, 2.45) is 0 Å². The fourth-order valence-electron chi connectivity index (χ4n) is 1.85. The lowest BCUT2D eigenvalue weighted by molar-refractivity contribution is 0.173. The maximum Gasteiger partial charge on any atom is 0.112 e. The van der Waals surface area contributed by atoms with E-state index in [9.17, 15) is 5.11 Å². The number of aliphatic hydroxyl groups is 1. The van der Waals surface area contributed by atoms with Crippen LogP contribution in [-0.4, -0.2) is 20.1 Å². The van der Waals surface area contributed by atoms with Crippen molar-refractivity contribution in [3.05, 3.63) is 64.6 Å². The standard InChI is InChI=1S/C14H13N3OS/c18-14(8-11-6-7-19-10-11)13-9-15-17(16-13)12-4-2-1-3-5-12/h1-7,9-10,14,18H,8H2. The van der Waals surface area contributed by atoms with Gasteiger partial charge in [-0.1, -0.05) is 18.2 Å². The summed E-state index contributed by atoms with van der Waals surface area (Å²) in [5, 5.41) is 22.7.